The molecule has 0 aliphatic carbocycles. The van der Waals surface area contributed by atoms with E-state index in [0.29, 0.717) is 20.9 Å². The quantitative estimate of drug-likeness (QED) is 0.288. The van der Waals surface area contributed by atoms with Gasteiger partial charge in [-0.2, -0.15) is 0 Å². The first-order valence-corrected chi connectivity index (χ1v) is 11.8. The molecule has 5 rings (SSSR count). The molecule has 3 heterocycles. The number of aromatic nitrogens is 1. The van der Waals surface area contributed by atoms with Gasteiger partial charge in [-0.3, -0.25) is 4.98 Å². The lowest BCUT2D eigenvalue weighted by atomic mass is 10.0. The van der Waals surface area contributed by atoms with Crippen molar-refractivity contribution in [1.29, 1.82) is 0 Å². The van der Waals surface area contributed by atoms with Gasteiger partial charge in [-0.1, -0.05) is 41.4 Å². The molecule has 0 radical (unpaired) electrons. The average Bonchev–Trinajstić information content (AvgIpc) is 3.46. The predicted molar refractivity (Wildman–Crippen MR) is 140 cm³/mol. The van der Waals surface area contributed by atoms with E-state index in [1.54, 1.807) is 13.3 Å². The van der Waals surface area contributed by atoms with Crippen molar-refractivity contribution in [2.24, 2.45) is 0 Å². The Balaban J connectivity index is 1.60. The minimum Gasteiger partial charge on any atom is -0.495 e. The molecule has 0 saturated carbocycles. The molecule has 1 N–H and O–H groups in total. The highest BCUT2D eigenvalue weighted by Crippen LogP contribution is 2.44. The van der Waals surface area contributed by atoms with Crippen molar-refractivity contribution < 1.29 is 9.15 Å². The van der Waals surface area contributed by atoms with Crippen LogP contribution in [0.5, 0.6) is 5.75 Å². The maximum Gasteiger partial charge on any atom is 0.174 e. The summed E-state index contributed by atoms with van der Waals surface area (Å²) in [6.45, 7) is 1.97. The molecule has 0 amide bonds. The van der Waals surface area contributed by atoms with Gasteiger partial charge in [0.2, 0.25) is 0 Å². The van der Waals surface area contributed by atoms with E-state index in [9.17, 15) is 0 Å². The number of aryl methyl sites for hydroxylation is 1. The Morgan fingerprint density at radius 1 is 1.03 bits per heavy atom. The fourth-order valence-electron chi connectivity index (χ4n) is 4.14. The second-order valence-corrected chi connectivity index (χ2v) is 9.18. The third kappa shape index (κ3) is 4.13. The van der Waals surface area contributed by atoms with Gasteiger partial charge in [-0.25, -0.2) is 0 Å². The van der Waals surface area contributed by atoms with E-state index in [4.69, 9.17) is 44.6 Å². The van der Waals surface area contributed by atoms with Crippen molar-refractivity contribution >= 4 is 46.2 Å². The standard InChI is InChI=1S/C26H21Cl2N3O2S/c1-15-6-7-16(13-18(15)27)21-10-11-23(33-21)25-24(20-5-3-4-12-29-20)30-26(34)31(25)17-8-9-22(32-2)19(28)14-17/h3-14,24-25H,1-2H3,(H,30,34)/t24-,25+/m0/s1. The predicted octanol–water partition coefficient (Wildman–Crippen LogP) is 7.14. The number of furan rings is 1. The lowest BCUT2D eigenvalue weighted by Gasteiger charge is -2.26. The topological polar surface area (TPSA) is 50.5 Å². The number of ether oxygens (including phenoxy) is 1. The van der Waals surface area contributed by atoms with Gasteiger partial charge < -0.3 is 19.4 Å². The van der Waals surface area contributed by atoms with E-state index < -0.39 is 0 Å². The highest BCUT2D eigenvalue weighted by Gasteiger charge is 2.42. The van der Waals surface area contributed by atoms with Crippen LogP contribution in [0.15, 0.2) is 77.3 Å². The maximum absolute atomic E-state index is 6.45. The molecule has 1 aliphatic heterocycles. The van der Waals surface area contributed by atoms with Crippen molar-refractivity contribution in [2.45, 2.75) is 19.0 Å². The third-order valence-electron chi connectivity index (χ3n) is 5.89. The fraction of sp³-hybridized carbons (Fsp3) is 0.154. The van der Waals surface area contributed by atoms with Crippen LogP contribution < -0.4 is 15.0 Å². The minimum atomic E-state index is -0.290. The number of hydrogen-bond donors (Lipinski definition) is 1. The van der Waals surface area contributed by atoms with Gasteiger partial charge in [0.25, 0.3) is 0 Å². The number of pyridine rings is 1. The Morgan fingerprint density at radius 3 is 2.59 bits per heavy atom. The molecule has 0 bridgehead atoms. The molecule has 8 heteroatoms. The summed E-state index contributed by atoms with van der Waals surface area (Å²) >= 11 is 18.6. The summed E-state index contributed by atoms with van der Waals surface area (Å²) in [7, 11) is 1.59. The van der Waals surface area contributed by atoms with Crippen molar-refractivity contribution in [3.8, 4) is 17.1 Å². The Morgan fingerprint density at radius 2 is 1.88 bits per heavy atom. The van der Waals surface area contributed by atoms with Crippen LogP contribution in [0.1, 0.15) is 29.1 Å². The molecule has 1 aliphatic rings. The van der Waals surface area contributed by atoms with Crippen LogP contribution in [0.3, 0.4) is 0 Å². The van der Waals surface area contributed by atoms with Gasteiger partial charge in [0, 0.05) is 22.5 Å². The number of thiocarbonyl (C=S) groups is 1. The first kappa shape index (κ1) is 22.7. The van der Waals surface area contributed by atoms with Crippen LogP contribution in [0, 0.1) is 6.92 Å². The molecule has 0 unspecified atom stereocenters. The molecule has 2 atom stereocenters. The summed E-state index contributed by atoms with van der Waals surface area (Å²) in [4.78, 5) is 6.58. The zero-order valence-electron chi connectivity index (χ0n) is 18.5. The summed E-state index contributed by atoms with van der Waals surface area (Å²) in [6.07, 6.45) is 1.77. The first-order chi connectivity index (χ1) is 16.5. The van der Waals surface area contributed by atoms with Crippen molar-refractivity contribution in [3.05, 3.63) is 100.0 Å². The third-order valence-corrected chi connectivity index (χ3v) is 6.90. The highest BCUT2D eigenvalue weighted by molar-refractivity contribution is 7.80. The average molecular weight is 510 g/mol. The molecule has 2 aromatic heterocycles. The number of nitrogens with zero attached hydrogens (tertiary/aromatic N) is 2. The Hall–Kier alpha value is -3.06. The number of nitrogens with one attached hydrogen (secondary N) is 1. The molecule has 1 fully saturated rings. The van der Waals surface area contributed by atoms with E-state index in [0.717, 1.165) is 34.0 Å². The van der Waals surface area contributed by atoms with Crippen LogP contribution in [0.2, 0.25) is 10.0 Å². The van der Waals surface area contributed by atoms with Gasteiger partial charge in [0.1, 0.15) is 23.3 Å². The summed E-state index contributed by atoms with van der Waals surface area (Å²) in [5, 5.41) is 5.17. The molecule has 2 aromatic carbocycles. The number of anilines is 1. The number of methoxy groups -OCH3 is 1. The van der Waals surface area contributed by atoms with Gasteiger partial charge >= 0.3 is 0 Å². The Kier molecular flexibility index (Phi) is 6.21. The van der Waals surface area contributed by atoms with E-state index >= 15 is 0 Å². The van der Waals surface area contributed by atoms with E-state index in [1.807, 2.05) is 78.6 Å². The van der Waals surface area contributed by atoms with Crippen molar-refractivity contribution in [2.75, 3.05) is 12.0 Å². The maximum atomic E-state index is 6.45. The van der Waals surface area contributed by atoms with Crippen LogP contribution in [-0.4, -0.2) is 17.2 Å². The molecule has 1 saturated heterocycles. The summed E-state index contributed by atoms with van der Waals surface area (Å²) in [5.74, 6) is 2.06. The zero-order valence-corrected chi connectivity index (χ0v) is 20.8. The summed E-state index contributed by atoms with van der Waals surface area (Å²) in [5.41, 5.74) is 3.60. The number of rotatable bonds is 5. The van der Waals surface area contributed by atoms with Gasteiger partial charge in [-0.05, 0) is 73.2 Å². The first-order valence-electron chi connectivity index (χ1n) is 10.7. The number of benzene rings is 2. The van der Waals surface area contributed by atoms with E-state index in [-0.39, 0.29) is 12.1 Å². The SMILES string of the molecule is COc1ccc(N2C(=S)N[C@@H](c3ccccn3)[C@H]2c2ccc(-c3ccc(C)c(Cl)c3)o2)cc1Cl. The monoisotopic (exact) mass is 509 g/mol. The Labute approximate surface area is 213 Å². The van der Waals surface area contributed by atoms with Gasteiger partial charge in [-0.15, -0.1) is 0 Å². The zero-order chi connectivity index (χ0) is 23.8. The van der Waals surface area contributed by atoms with Crippen molar-refractivity contribution in [3.63, 3.8) is 0 Å². The second kappa shape index (κ2) is 9.29. The molecule has 34 heavy (non-hydrogen) atoms. The van der Waals surface area contributed by atoms with Crippen LogP contribution in [-0.2, 0) is 0 Å². The largest absolute Gasteiger partial charge is 0.495 e. The van der Waals surface area contributed by atoms with Crippen LogP contribution in [0.4, 0.5) is 5.69 Å². The van der Waals surface area contributed by atoms with Crippen LogP contribution >= 0.6 is 35.4 Å². The lowest BCUT2D eigenvalue weighted by molar-refractivity contribution is 0.415. The van der Waals surface area contributed by atoms with Crippen LogP contribution in [0.25, 0.3) is 11.3 Å². The molecule has 0 spiro atoms. The second-order valence-electron chi connectivity index (χ2n) is 7.98. The lowest BCUT2D eigenvalue weighted by Crippen LogP contribution is -2.29. The van der Waals surface area contributed by atoms with Gasteiger partial charge in [0.05, 0.1) is 23.9 Å². The fourth-order valence-corrected chi connectivity index (χ4v) is 4.92. The molecule has 5 nitrogen and oxygen atoms in total. The Bertz CT molecular complexity index is 1360. The molecule has 172 valence electrons. The number of halogens is 2. The molecular weight excluding hydrogens is 489 g/mol. The smallest absolute Gasteiger partial charge is 0.174 e. The van der Waals surface area contributed by atoms with E-state index in [2.05, 4.69) is 10.3 Å². The summed E-state index contributed by atoms with van der Waals surface area (Å²) < 4.78 is 11.7. The van der Waals surface area contributed by atoms with Crippen molar-refractivity contribution in [1.82, 2.24) is 10.3 Å². The number of hydrogen-bond acceptors (Lipinski definition) is 4. The van der Waals surface area contributed by atoms with E-state index in [1.165, 1.54) is 0 Å². The highest BCUT2D eigenvalue weighted by atomic mass is 35.5. The summed E-state index contributed by atoms with van der Waals surface area (Å²) in [6, 6.07) is 20.7. The normalized spacial score (nSPS) is 17.6. The minimum absolute atomic E-state index is 0.227. The van der Waals surface area contributed by atoms with Gasteiger partial charge in [0.15, 0.2) is 5.11 Å². The molecule has 4 aromatic rings. The molecular formula is C26H21Cl2N3O2S.